The van der Waals surface area contributed by atoms with Crippen molar-refractivity contribution >= 4 is 105 Å². The first-order chi connectivity index (χ1) is 24.6. The number of hydrogen-bond donors (Lipinski definition) is 0. The quantitative estimate of drug-likeness (QED) is 0.161. The molecule has 5 heteroatoms. The molecule has 11 rings (SSSR count). The molecule has 0 atom stereocenters. The average molecular weight is 677 g/mol. The molecule has 0 saturated carbocycles. The number of fused-ring (bicyclic) bond motifs is 13. The first-order valence-corrected chi connectivity index (χ1v) is 18.9. The summed E-state index contributed by atoms with van der Waals surface area (Å²) in [6.45, 7) is 13.9. The Kier molecular flexibility index (Phi) is 5.63. The van der Waals surface area contributed by atoms with Crippen LogP contribution in [0.4, 0.5) is 17.1 Å². The number of aromatic nitrogens is 1. The van der Waals surface area contributed by atoms with Gasteiger partial charge in [0.2, 0.25) is 0 Å². The van der Waals surface area contributed by atoms with Crippen molar-refractivity contribution in [2.24, 2.45) is 0 Å². The first-order valence-electron chi connectivity index (χ1n) is 18.1. The molecule has 246 valence electrons. The maximum Gasteiger partial charge on any atom is 0.264 e. The fraction of sp³-hybridized carbons (Fsp3) is 0.174. The molecule has 3 aromatic heterocycles. The van der Waals surface area contributed by atoms with E-state index in [4.69, 9.17) is 4.42 Å². The summed E-state index contributed by atoms with van der Waals surface area (Å²) in [5, 5.41) is 6.11. The minimum absolute atomic E-state index is 0.0430. The van der Waals surface area contributed by atoms with Crippen LogP contribution in [0.25, 0.3) is 59.5 Å². The molecule has 2 aliphatic heterocycles. The van der Waals surface area contributed by atoms with E-state index in [0.717, 1.165) is 16.6 Å². The van der Waals surface area contributed by atoms with E-state index in [1.54, 1.807) is 0 Å². The van der Waals surface area contributed by atoms with Crippen LogP contribution < -0.4 is 20.6 Å². The van der Waals surface area contributed by atoms with Crippen molar-refractivity contribution in [1.82, 2.24) is 4.57 Å². The number of hydrogen-bond acceptors (Lipinski definition) is 3. The Labute approximate surface area is 301 Å². The molecule has 0 amide bonds. The molecule has 0 aliphatic carbocycles. The summed E-state index contributed by atoms with van der Waals surface area (Å²) in [7, 11) is 0. The van der Waals surface area contributed by atoms with E-state index in [1.807, 2.05) is 11.3 Å². The maximum atomic E-state index is 6.69. The van der Waals surface area contributed by atoms with Gasteiger partial charge in [0, 0.05) is 53.6 Å². The number of furan rings is 1. The van der Waals surface area contributed by atoms with Gasteiger partial charge in [-0.2, -0.15) is 0 Å². The number of benzene rings is 6. The third kappa shape index (κ3) is 3.85. The van der Waals surface area contributed by atoms with Crippen molar-refractivity contribution in [3.05, 3.63) is 126 Å². The van der Waals surface area contributed by atoms with E-state index in [9.17, 15) is 0 Å². The standard InChI is InChI=1S/C46H37BN2OS/c1-45(2,3)26-17-20-28(21-18-26)48-35-14-10-15-36-40(35)47(44-42(48)32-25-27(46(4,5)6)19-24-38(32)51-44)33-13-9-12-31-39-34(49(36)41(31)33)23-22-30-29-11-7-8-16-37(29)50-43(30)39/h7-25H,1-6H3. The molecule has 0 unspecified atom stereocenters. The fourth-order valence-corrected chi connectivity index (χ4v) is 10.3. The third-order valence-electron chi connectivity index (χ3n) is 11.5. The average Bonchev–Trinajstić information content (AvgIpc) is 3.79. The van der Waals surface area contributed by atoms with Crippen molar-refractivity contribution in [1.29, 1.82) is 0 Å². The molecule has 9 aromatic rings. The van der Waals surface area contributed by atoms with Crippen molar-refractivity contribution in [3.8, 4) is 5.69 Å². The Morgan fingerprint density at radius 3 is 2.16 bits per heavy atom. The number of thiophene rings is 1. The Hall–Kier alpha value is -5.26. The zero-order valence-electron chi connectivity index (χ0n) is 29.8. The van der Waals surface area contributed by atoms with Crippen LogP contribution >= 0.6 is 11.3 Å². The normalized spacial score (nSPS) is 14.0. The lowest BCUT2D eigenvalue weighted by Crippen LogP contribution is -2.59. The lowest BCUT2D eigenvalue weighted by atomic mass is 9.36. The number of rotatable bonds is 1. The largest absolute Gasteiger partial charge is 0.455 e. The van der Waals surface area contributed by atoms with Gasteiger partial charge in [0.05, 0.1) is 16.6 Å². The van der Waals surface area contributed by atoms with Gasteiger partial charge in [-0.25, -0.2) is 0 Å². The Bertz CT molecular complexity index is 2950. The highest BCUT2D eigenvalue weighted by atomic mass is 32.1. The second-order valence-corrected chi connectivity index (χ2v) is 17.6. The monoisotopic (exact) mass is 676 g/mol. The highest BCUT2D eigenvalue weighted by Crippen LogP contribution is 2.48. The second kappa shape index (κ2) is 9.74. The summed E-state index contributed by atoms with van der Waals surface area (Å²) in [5.74, 6) is 0. The van der Waals surface area contributed by atoms with Crippen molar-refractivity contribution in [2.45, 2.75) is 52.4 Å². The number of nitrogens with zero attached hydrogens (tertiary/aromatic N) is 2. The molecule has 51 heavy (non-hydrogen) atoms. The number of para-hydroxylation sites is 2. The van der Waals surface area contributed by atoms with Gasteiger partial charge >= 0.3 is 0 Å². The SMILES string of the molecule is CC(C)(C)c1ccc(N2c3cccc4c3B(c3sc5ccc(C(C)(C)C)cc5c32)c2cccc3c5c6oc7ccccc7c6ccc5n-4c23)cc1. The second-order valence-electron chi connectivity index (χ2n) is 16.6. The predicted octanol–water partition coefficient (Wildman–Crippen LogP) is 11.1. The zero-order valence-corrected chi connectivity index (χ0v) is 30.6. The third-order valence-corrected chi connectivity index (χ3v) is 12.7. The van der Waals surface area contributed by atoms with E-state index < -0.39 is 0 Å². The summed E-state index contributed by atoms with van der Waals surface area (Å²) in [6.07, 6.45) is 0. The van der Waals surface area contributed by atoms with E-state index in [0.29, 0.717) is 0 Å². The van der Waals surface area contributed by atoms with E-state index in [-0.39, 0.29) is 17.5 Å². The van der Waals surface area contributed by atoms with Gasteiger partial charge in [-0.15, -0.1) is 11.3 Å². The Morgan fingerprint density at radius 1 is 0.627 bits per heavy atom. The zero-order chi connectivity index (χ0) is 34.6. The highest BCUT2D eigenvalue weighted by Gasteiger charge is 2.44. The smallest absolute Gasteiger partial charge is 0.264 e. The van der Waals surface area contributed by atoms with E-state index in [2.05, 4.69) is 166 Å². The summed E-state index contributed by atoms with van der Waals surface area (Å²) in [5.41, 5.74) is 15.0. The molecule has 0 radical (unpaired) electrons. The molecule has 0 N–H and O–H groups in total. The number of anilines is 3. The summed E-state index contributed by atoms with van der Waals surface area (Å²) in [6, 6.07) is 43.3. The van der Waals surface area contributed by atoms with Crippen LogP contribution in [0.2, 0.25) is 0 Å². The lowest BCUT2D eigenvalue weighted by molar-refractivity contribution is 0.590. The molecule has 2 aliphatic rings. The lowest BCUT2D eigenvalue weighted by Gasteiger charge is -2.39. The van der Waals surface area contributed by atoms with Crippen LogP contribution in [-0.4, -0.2) is 11.3 Å². The molecule has 0 saturated heterocycles. The summed E-state index contributed by atoms with van der Waals surface area (Å²) >= 11 is 1.97. The van der Waals surface area contributed by atoms with Gasteiger partial charge in [-0.1, -0.05) is 102 Å². The Morgan fingerprint density at radius 2 is 1.35 bits per heavy atom. The van der Waals surface area contributed by atoms with Gasteiger partial charge in [0.1, 0.15) is 11.2 Å². The maximum absolute atomic E-state index is 6.69. The van der Waals surface area contributed by atoms with Crippen LogP contribution in [0.3, 0.4) is 0 Å². The van der Waals surface area contributed by atoms with Crippen LogP contribution in [0.1, 0.15) is 52.7 Å². The molecule has 0 spiro atoms. The van der Waals surface area contributed by atoms with Gasteiger partial charge < -0.3 is 13.9 Å². The molecular formula is C46H37BN2OS. The van der Waals surface area contributed by atoms with Crippen LogP contribution in [0.5, 0.6) is 0 Å². The van der Waals surface area contributed by atoms with Gasteiger partial charge in [0.15, 0.2) is 0 Å². The van der Waals surface area contributed by atoms with Crippen LogP contribution in [-0.2, 0) is 10.8 Å². The molecule has 0 fully saturated rings. The van der Waals surface area contributed by atoms with Crippen molar-refractivity contribution in [2.75, 3.05) is 4.90 Å². The summed E-state index contributed by atoms with van der Waals surface area (Å²) in [4.78, 5) is 2.57. The van der Waals surface area contributed by atoms with E-state index >= 15 is 0 Å². The topological polar surface area (TPSA) is 21.3 Å². The molecule has 0 bridgehead atoms. The van der Waals surface area contributed by atoms with Gasteiger partial charge in [-0.05, 0) is 87.5 Å². The first kappa shape index (κ1) is 29.5. The van der Waals surface area contributed by atoms with Gasteiger partial charge in [-0.3, -0.25) is 0 Å². The molecular weight excluding hydrogens is 639 g/mol. The molecule has 5 heterocycles. The fourth-order valence-electron chi connectivity index (χ4n) is 8.99. The highest BCUT2D eigenvalue weighted by molar-refractivity contribution is 7.33. The van der Waals surface area contributed by atoms with Crippen LogP contribution in [0.15, 0.2) is 120 Å². The van der Waals surface area contributed by atoms with E-state index in [1.165, 1.54) is 86.9 Å². The van der Waals surface area contributed by atoms with Gasteiger partial charge in [0.25, 0.3) is 6.71 Å². The molecule has 6 aromatic carbocycles. The Balaban J connectivity index is 1.27. The predicted molar refractivity (Wildman–Crippen MR) is 220 cm³/mol. The molecule has 3 nitrogen and oxygen atoms in total. The van der Waals surface area contributed by atoms with Crippen LogP contribution in [0, 0.1) is 0 Å². The minimum atomic E-state index is 0.0430. The van der Waals surface area contributed by atoms with Crippen molar-refractivity contribution < 1.29 is 4.42 Å². The van der Waals surface area contributed by atoms with Crippen molar-refractivity contribution in [3.63, 3.8) is 0 Å². The minimum Gasteiger partial charge on any atom is -0.455 e. The summed E-state index contributed by atoms with van der Waals surface area (Å²) < 4.78 is 12.0.